The summed E-state index contributed by atoms with van der Waals surface area (Å²) in [7, 11) is -10.3. The Kier molecular flexibility index (Phi) is 8.68. The molecular weight excluding hydrogens is 480 g/mol. The maximum atomic E-state index is 11.1. The van der Waals surface area contributed by atoms with Crippen LogP contribution in [0.15, 0.2) is 0 Å². The molecule has 184 valence electrons. The molecule has 2 heterocycles. The van der Waals surface area contributed by atoms with E-state index in [4.69, 9.17) is 28.4 Å². The van der Waals surface area contributed by atoms with Gasteiger partial charge in [0.2, 0.25) is 0 Å². The fraction of sp³-hybridized carbons (Fsp3) is 1.00. The molecule has 8 N–H and O–H groups in total. The van der Waals surface area contributed by atoms with Gasteiger partial charge in [-0.2, -0.15) is 16.8 Å². The summed E-state index contributed by atoms with van der Waals surface area (Å²) in [6.07, 6.45) is -19.7. The lowest BCUT2D eigenvalue weighted by Gasteiger charge is -2.45. The van der Waals surface area contributed by atoms with E-state index in [1.165, 1.54) is 0 Å². The Balaban J connectivity index is 2.27. The number of aliphatic hydroxyl groups is 6. The highest BCUT2D eigenvalue weighted by atomic mass is 32.3. The summed E-state index contributed by atoms with van der Waals surface area (Å²) >= 11 is 0. The second kappa shape index (κ2) is 10.1. The summed E-state index contributed by atoms with van der Waals surface area (Å²) in [5.74, 6) is 0. The molecule has 0 unspecified atom stereocenters. The molecule has 2 fully saturated rings. The fourth-order valence-electron chi connectivity index (χ4n) is 2.92. The van der Waals surface area contributed by atoms with Crippen LogP contribution in [0, 0.1) is 0 Å². The lowest BCUT2D eigenvalue weighted by molar-refractivity contribution is -0.358. The molecule has 2 aliphatic rings. The van der Waals surface area contributed by atoms with Crippen LogP contribution >= 0.6 is 0 Å². The van der Waals surface area contributed by atoms with Crippen LogP contribution in [0.2, 0.25) is 0 Å². The smallest absolute Gasteiger partial charge is 0.394 e. The molecule has 31 heavy (non-hydrogen) atoms. The molecule has 19 heteroatoms. The van der Waals surface area contributed by atoms with Crippen molar-refractivity contribution < 1.29 is 79.2 Å². The third-order valence-corrected chi connectivity index (χ3v) is 5.29. The van der Waals surface area contributed by atoms with Crippen molar-refractivity contribution in [2.45, 2.75) is 61.4 Å². The average Bonchev–Trinajstić information content (AvgIpc) is 2.64. The predicted molar refractivity (Wildman–Crippen MR) is 89.4 cm³/mol. The number of ether oxygens (including phenoxy) is 3. The summed E-state index contributed by atoms with van der Waals surface area (Å²) in [5, 5.41) is 59.2. The Morgan fingerprint density at radius 2 is 1.29 bits per heavy atom. The minimum Gasteiger partial charge on any atom is -0.394 e. The van der Waals surface area contributed by atoms with Crippen LogP contribution in [-0.4, -0.2) is 131 Å². The van der Waals surface area contributed by atoms with Gasteiger partial charge in [-0.25, -0.2) is 8.37 Å². The predicted octanol–water partition coefficient (Wildman–Crippen LogP) is -5.74. The van der Waals surface area contributed by atoms with Gasteiger partial charge in [-0.05, 0) is 0 Å². The zero-order valence-corrected chi connectivity index (χ0v) is 16.9. The molecule has 2 aliphatic heterocycles. The molecule has 2 rings (SSSR count). The third kappa shape index (κ3) is 6.93. The molecule has 0 aromatic carbocycles. The molecule has 0 bridgehead atoms. The second-order valence-corrected chi connectivity index (χ2v) is 8.69. The maximum absolute atomic E-state index is 11.1. The molecule has 0 spiro atoms. The number of rotatable bonds is 8. The van der Waals surface area contributed by atoms with Gasteiger partial charge in [0.05, 0.1) is 13.2 Å². The summed E-state index contributed by atoms with van der Waals surface area (Å²) in [5.41, 5.74) is 0. The molecule has 0 radical (unpaired) electrons. The molecule has 0 aromatic rings. The Bertz CT molecular complexity index is 798. The van der Waals surface area contributed by atoms with Crippen molar-refractivity contribution in [2.75, 3.05) is 13.2 Å². The minimum atomic E-state index is -5.29. The van der Waals surface area contributed by atoms with Crippen LogP contribution < -0.4 is 0 Å². The van der Waals surface area contributed by atoms with Crippen molar-refractivity contribution in [1.29, 1.82) is 0 Å². The van der Waals surface area contributed by atoms with E-state index >= 15 is 0 Å². The van der Waals surface area contributed by atoms with E-state index in [9.17, 15) is 42.4 Å². The van der Waals surface area contributed by atoms with Crippen LogP contribution in [0.25, 0.3) is 0 Å². The zero-order chi connectivity index (χ0) is 23.7. The van der Waals surface area contributed by atoms with E-state index in [-0.39, 0.29) is 0 Å². The molecular formula is C12H22O17S2. The van der Waals surface area contributed by atoms with E-state index < -0.39 is 95.4 Å². The van der Waals surface area contributed by atoms with Gasteiger partial charge in [-0.1, -0.05) is 0 Å². The number of hydrogen-bond acceptors (Lipinski definition) is 15. The van der Waals surface area contributed by atoms with E-state index in [2.05, 4.69) is 8.37 Å². The Hall–Kier alpha value is -0.620. The largest absolute Gasteiger partial charge is 0.397 e. The standard InChI is InChI=1S/C12H22O17S2/c13-1-3-5(14)7(16)9(11(18)26-3)28-12-10(29-31(22,23)24)8(17)6(15)4(27-12)2-25-30(19,20)21/h3-18H,1-2H2,(H,19,20,21)(H,22,23,24)/t3-,4-,5-,6-,7+,8+,9-,10+,11+,12-/m1/s1. The fourth-order valence-corrected chi connectivity index (χ4v) is 3.71. The highest BCUT2D eigenvalue weighted by Crippen LogP contribution is 2.30. The molecule has 0 aromatic heterocycles. The lowest BCUT2D eigenvalue weighted by atomic mass is 9.97. The minimum absolute atomic E-state index is 0.809. The van der Waals surface area contributed by atoms with Gasteiger partial charge in [0.1, 0.15) is 42.7 Å². The Morgan fingerprint density at radius 3 is 1.81 bits per heavy atom. The van der Waals surface area contributed by atoms with Gasteiger partial charge in [0.25, 0.3) is 0 Å². The van der Waals surface area contributed by atoms with Gasteiger partial charge in [-0.15, -0.1) is 0 Å². The highest BCUT2D eigenvalue weighted by Gasteiger charge is 2.52. The summed E-state index contributed by atoms with van der Waals surface area (Å²) in [6.45, 7) is -1.92. The zero-order valence-electron chi connectivity index (χ0n) is 15.3. The van der Waals surface area contributed by atoms with E-state index in [1.807, 2.05) is 0 Å². The Labute approximate surface area is 175 Å². The van der Waals surface area contributed by atoms with Gasteiger partial charge in [-0.3, -0.25) is 9.11 Å². The van der Waals surface area contributed by atoms with Crippen LogP contribution in [0.3, 0.4) is 0 Å². The van der Waals surface area contributed by atoms with Crippen molar-refractivity contribution in [1.82, 2.24) is 0 Å². The first kappa shape index (κ1) is 26.6. The third-order valence-electron chi connectivity index (χ3n) is 4.39. The summed E-state index contributed by atoms with van der Waals surface area (Å²) in [4.78, 5) is 0. The first-order valence-corrected chi connectivity index (χ1v) is 11.1. The molecule has 10 atom stereocenters. The maximum Gasteiger partial charge on any atom is 0.397 e. The SMILES string of the molecule is O=S(=O)(O)OC[C@H]1O[C@H](O[C@@H]2[C@@H](O)[C@H](O)[C@@H](CO)O[C@@H]2O)[C@@H](OS(=O)(=O)O)[C@@H](O)[C@@H]1O. The quantitative estimate of drug-likeness (QED) is 0.143. The first-order valence-electron chi connectivity index (χ1n) is 8.39. The van der Waals surface area contributed by atoms with Gasteiger partial charge in [0, 0.05) is 0 Å². The molecule has 0 aliphatic carbocycles. The lowest BCUT2D eigenvalue weighted by Crippen LogP contribution is -2.65. The van der Waals surface area contributed by atoms with Crippen molar-refractivity contribution in [3.05, 3.63) is 0 Å². The van der Waals surface area contributed by atoms with Gasteiger partial charge >= 0.3 is 20.8 Å². The average molecular weight is 502 g/mol. The van der Waals surface area contributed by atoms with Gasteiger partial charge < -0.3 is 44.8 Å². The second-order valence-electron chi connectivity index (χ2n) is 6.55. The normalized spacial score (nSPS) is 42.5. The van der Waals surface area contributed by atoms with Crippen molar-refractivity contribution in [2.24, 2.45) is 0 Å². The van der Waals surface area contributed by atoms with Crippen LogP contribution in [0.1, 0.15) is 0 Å². The van der Waals surface area contributed by atoms with E-state index in [0.717, 1.165) is 0 Å². The van der Waals surface area contributed by atoms with Crippen molar-refractivity contribution >= 4 is 20.8 Å². The number of hydrogen-bond donors (Lipinski definition) is 8. The van der Waals surface area contributed by atoms with E-state index in [0.29, 0.717) is 0 Å². The van der Waals surface area contributed by atoms with Gasteiger partial charge in [0.15, 0.2) is 18.7 Å². The molecule has 2 saturated heterocycles. The van der Waals surface area contributed by atoms with Crippen molar-refractivity contribution in [3.63, 3.8) is 0 Å². The molecule has 17 nitrogen and oxygen atoms in total. The highest BCUT2D eigenvalue weighted by molar-refractivity contribution is 7.81. The summed E-state index contributed by atoms with van der Waals surface area (Å²) in [6, 6.07) is 0. The molecule has 0 amide bonds. The molecule has 0 saturated carbocycles. The topological polar surface area (TPSA) is 276 Å². The van der Waals surface area contributed by atoms with Crippen LogP contribution in [0.5, 0.6) is 0 Å². The summed E-state index contributed by atoms with van der Waals surface area (Å²) < 4.78 is 84.4. The van der Waals surface area contributed by atoms with E-state index in [1.54, 1.807) is 0 Å². The number of aliphatic hydroxyl groups excluding tert-OH is 6. The monoisotopic (exact) mass is 502 g/mol. The van der Waals surface area contributed by atoms with Crippen LogP contribution in [-0.2, 0) is 43.4 Å². The first-order chi connectivity index (χ1) is 14.1. The van der Waals surface area contributed by atoms with Crippen LogP contribution in [0.4, 0.5) is 0 Å². The van der Waals surface area contributed by atoms with Crippen molar-refractivity contribution in [3.8, 4) is 0 Å². The Morgan fingerprint density at radius 1 is 0.742 bits per heavy atom.